The van der Waals surface area contributed by atoms with Crippen molar-refractivity contribution >= 4 is 11.9 Å². The zero-order chi connectivity index (χ0) is 18.9. The molecule has 2 aromatic carbocycles. The van der Waals surface area contributed by atoms with Crippen LogP contribution in [0.25, 0.3) is 0 Å². The molecule has 0 heterocycles. The van der Waals surface area contributed by atoms with Crippen LogP contribution in [-0.4, -0.2) is 31.6 Å². The molecule has 5 nitrogen and oxygen atoms in total. The lowest BCUT2D eigenvalue weighted by atomic mass is 10.1. The molecule has 2 rings (SSSR count). The Balaban J connectivity index is 1.80. The third-order valence-electron chi connectivity index (χ3n) is 3.64. The third kappa shape index (κ3) is 5.84. The van der Waals surface area contributed by atoms with Crippen LogP contribution < -0.4 is 10.1 Å². The minimum Gasteiger partial charge on any atom is -0.452 e. The molecule has 1 N–H and O–H groups in total. The average molecular weight is 363 g/mol. The number of ether oxygens (including phenoxy) is 2. The van der Waals surface area contributed by atoms with Gasteiger partial charge in [0.15, 0.2) is 6.61 Å². The Kier molecular flexibility index (Phi) is 7.08. The van der Waals surface area contributed by atoms with E-state index in [1.165, 1.54) is 24.3 Å². The van der Waals surface area contributed by atoms with Crippen LogP contribution in [0, 0.1) is 6.92 Å². The van der Waals surface area contributed by atoms with Crippen LogP contribution in [-0.2, 0) is 16.0 Å². The normalized spacial score (nSPS) is 10.5. The van der Waals surface area contributed by atoms with Gasteiger partial charge in [0.25, 0.3) is 5.91 Å². The van der Waals surface area contributed by atoms with Gasteiger partial charge in [-0.1, -0.05) is 36.4 Å². The number of carbonyl (C=O) groups excluding carboxylic acids is 2. The third-order valence-corrected chi connectivity index (χ3v) is 3.64. The van der Waals surface area contributed by atoms with Crippen molar-refractivity contribution in [2.24, 2.45) is 0 Å². The highest BCUT2D eigenvalue weighted by Gasteiger charge is 2.17. The molecule has 0 radical (unpaired) electrons. The molecule has 26 heavy (non-hydrogen) atoms. The maximum Gasteiger partial charge on any atom is 0.387 e. The number of esters is 1. The zero-order valence-corrected chi connectivity index (χ0v) is 14.2. The van der Waals surface area contributed by atoms with Gasteiger partial charge < -0.3 is 14.8 Å². The SMILES string of the molecule is Cc1ccccc1CCNC(=O)COC(=O)c1ccccc1OC(F)F. The highest BCUT2D eigenvalue weighted by Crippen LogP contribution is 2.21. The first-order chi connectivity index (χ1) is 12.5. The standard InChI is InChI=1S/C19H19F2NO4/c1-13-6-2-3-7-14(13)10-11-22-17(23)12-25-18(24)15-8-4-5-9-16(15)26-19(20)21/h2-9,19H,10-12H2,1H3,(H,22,23). The molecule has 1 amide bonds. The molecule has 2 aromatic rings. The molecule has 0 saturated heterocycles. The number of benzene rings is 2. The van der Waals surface area contributed by atoms with E-state index >= 15 is 0 Å². The first-order valence-electron chi connectivity index (χ1n) is 7.99. The maximum atomic E-state index is 12.3. The zero-order valence-electron chi connectivity index (χ0n) is 14.2. The van der Waals surface area contributed by atoms with Gasteiger partial charge in [0.1, 0.15) is 11.3 Å². The van der Waals surface area contributed by atoms with E-state index in [-0.39, 0.29) is 11.3 Å². The largest absolute Gasteiger partial charge is 0.452 e. The Morgan fingerprint density at radius 3 is 2.50 bits per heavy atom. The second-order valence-electron chi connectivity index (χ2n) is 5.48. The summed E-state index contributed by atoms with van der Waals surface area (Å²) in [5.74, 6) is -1.68. The number of para-hydroxylation sites is 1. The van der Waals surface area contributed by atoms with E-state index in [2.05, 4.69) is 10.1 Å². The number of aryl methyl sites for hydroxylation is 1. The highest BCUT2D eigenvalue weighted by molar-refractivity contribution is 5.93. The van der Waals surface area contributed by atoms with Crippen LogP contribution in [0.3, 0.4) is 0 Å². The number of hydrogen-bond donors (Lipinski definition) is 1. The summed E-state index contributed by atoms with van der Waals surface area (Å²) in [6, 6.07) is 13.3. The topological polar surface area (TPSA) is 64.6 Å². The summed E-state index contributed by atoms with van der Waals surface area (Å²) in [4.78, 5) is 23.7. The molecule has 0 spiro atoms. The van der Waals surface area contributed by atoms with E-state index in [1.807, 2.05) is 31.2 Å². The van der Waals surface area contributed by atoms with Gasteiger partial charge >= 0.3 is 12.6 Å². The summed E-state index contributed by atoms with van der Waals surface area (Å²) in [7, 11) is 0. The molecule has 0 bridgehead atoms. The van der Waals surface area contributed by atoms with Crippen LogP contribution in [0.5, 0.6) is 5.75 Å². The van der Waals surface area contributed by atoms with Crippen molar-refractivity contribution in [1.82, 2.24) is 5.32 Å². The summed E-state index contributed by atoms with van der Waals surface area (Å²) >= 11 is 0. The predicted octanol–water partition coefficient (Wildman–Crippen LogP) is 3.11. The van der Waals surface area contributed by atoms with Crippen LogP contribution in [0.15, 0.2) is 48.5 Å². The second-order valence-corrected chi connectivity index (χ2v) is 5.48. The van der Waals surface area contributed by atoms with Gasteiger partial charge in [-0.15, -0.1) is 0 Å². The summed E-state index contributed by atoms with van der Waals surface area (Å²) in [5, 5.41) is 2.64. The van der Waals surface area contributed by atoms with Crippen molar-refractivity contribution in [3.63, 3.8) is 0 Å². The smallest absolute Gasteiger partial charge is 0.387 e. The fourth-order valence-corrected chi connectivity index (χ4v) is 2.32. The van der Waals surface area contributed by atoms with Crippen LogP contribution in [0.1, 0.15) is 21.5 Å². The van der Waals surface area contributed by atoms with E-state index in [0.29, 0.717) is 13.0 Å². The Bertz CT molecular complexity index is 765. The number of rotatable bonds is 8. The Morgan fingerprint density at radius 2 is 1.77 bits per heavy atom. The summed E-state index contributed by atoms with van der Waals surface area (Å²) in [5.41, 5.74) is 2.08. The van der Waals surface area contributed by atoms with Crippen molar-refractivity contribution in [3.8, 4) is 5.75 Å². The monoisotopic (exact) mass is 363 g/mol. The summed E-state index contributed by atoms with van der Waals surface area (Å²) in [6.45, 7) is -1.19. The van der Waals surface area contributed by atoms with E-state index < -0.39 is 25.1 Å². The van der Waals surface area contributed by atoms with E-state index in [1.54, 1.807) is 0 Å². The Morgan fingerprint density at radius 1 is 1.08 bits per heavy atom. The van der Waals surface area contributed by atoms with Crippen LogP contribution in [0.4, 0.5) is 8.78 Å². The van der Waals surface area contributed by atoms with Crippen molar-refractivity contribution in [1.29, 1.82) is 0 Å². The molecule has 0 saturated carbocycles. The lowest BCUT2D eigenvalue weighted by molar-refractivity contribution is -0.124. The number of nitrogens with one attached hydrogen (secondary N) is 1. The summed E-state index contributed by atoms with van der Waals surface area (Å²) in [6.07, 6.45) is 0.650. The van der Waals surface area contributed by atoms with Crippen molar-refractivity contribution in [2.75, 3.05) is 13.2 Å². The minimum atomic E-state index is -3.06. The molecule has 0 unspecified atom stereocenters. The molecule has 138 valence electrons. The van der Waals surface area contributed by atoms with Crippen LogP contribution in [0.2, 0.25) is 0 Å². The summed E-state index contributed by atoms with van der Waals surface area (Å²) < 4.78 is 33.8. The fraction of sp³-hybridized carbons (Fsp3) is 0.263. The Labute approximate surface area is 149 Å². The quantitative estimate of drug-likeness (QED) is 0.732. The number of halogens is 2. The molecule has 7 heteroatoms. The predicted molar refractivity (Wildman–Crippen MR) is 91.2 cm³/mol. The lowest BCUT2D eigenvalue weighted by Crippen LogP contribution is -2.30. The molecule has 0 aromatic heterocycles. The van der Waals surface area contributed by atoms with Gasteiger partial charge in [-0.3, -0.25) is 4.79 Å². The van der Waals surface area contributed by atoms with Gasteiger partial charge in [-0.05, 0) is 36.6 Å². The molecular formula is C19H19F2NO4. The molecule has 0 fully saturated rings. The first-order valence-corrected chi connectivity index (χ1v) is 7.99. The van der Waals surface area contributed by atoms with E-state index in [9.17, 15) is 18.4 Å². The maximum absolute atomic E-state index is 12.3. The molecule has 0 aliphatic rings. The van der Waals surface area contributed by atoms with Crippen molar-refractivity contribution < 1.29 is 27.8 Å². The van der Waals surface area contributed by atoms with Crippen LogP contribution >= 0.6 is 0 Å². The van der Waals surface area contributed by atoms with Gasteiger partial charge in [0.05, 0.1) is 0 Å². The highest BCUT2D eigenvalue weighted by atomic mass is 19.3. The van der Waals surface area contributed by atoms with Crippen molar-refractivity contribution in [2.45, 2.75) is 20.0 Å². The van der Waals surface area contributed by atoms with Gasteiger partial charge in [0, 0.05) is 6.54 Å². The molecule has 0 atom stereocenters. The second kappa shape index (κ2) is 9.50. The van der Waals surface area contributed by atoms with Gasteiger partial charge in [-0.2, -0.15) is 8.78 Å². The number of amides is 1. The number of hydrogen-bond acceptors (Lipinski definition) is 4. The van der Waals surface area contributed by atoms with Gasteiger partial charge in [0.2, 0.25) is 0 Å². The molecular weight excluding hydrogens is 344 g/mol. The number of alkyl halides is 2. The average Bonchev–Trinajstić information content (AvgIpc) is 2.61. The van der Waals surface area contributed by atoms with E-state index in [0.717, 1.165) is 11.1 Å². The minimum absolute atomic E-state index is 0.166. The molecule has 0 aliphatic carbocycles. The fourth-order valence-electron chi connectivity index (χ4n) is 2.32. The number of carbonyl (C=O) groups is 2. The van der Waals surface area contributed by atoms with Crippen molar-refractivity contribution in [3.05, 3.63) is 65.2 Å². The Hall–Kier alpha value is -2.96. The first kappa shape index (κ1) is 19.4. The van der Waals surface area contributed by atoms with E-state index in [4.69, 9.17) is 4.74 Å². The lowest BCUT2D eigenvalue weighted by Gasteiger charge is -2.11. The van der Waals surface area contributed by atoms with Gasteiger partial charge in [-0.25, -0.2) is 4.79 Å². The molecule has 0 aliphatic heterocycles.